The van der Waals surface area contributed by atoms with E-state index in [1.807, 2.05) is 7.05 Å². The molecule has 0 aliphatic carbocycles. The third kappa shape index (κ3) is 2.37. The Balaban J connectivity index is 2.50. The molecular weight excluding hydrogens is 178 g/mol. The molecular formula is C9H19N5. The quantitative estimate of drug-likeness (QED) is 0.490. The van der Waals surface area contributed by atoms with Crippen molar-refractivity contribution >= 4 is 11.8 Å². The zero-order valence-corrected chi connectivity index (χ0v) is 8.95. The minimum absolute atomic E-state index is 0.246. The number of nitrogens with two attached hydrogens (primary N) is 1. The second-order valence-corrected chi connectivity index (χ2v) is 3.37. The van der Waals surface area contributed by atoms with Gasteiger partial charge in [0.1, 0.15) is 0 Å². The van der Waals surface area contributed by atoms with Gasteiger partial charge in [-0.15, -0.1) is 0 Å². The molecule has 0 spiro atoms. The standard InChI is InChI=1S/C9H19N5/c1-3-13-6-7-14(9(13)12-2)5-4-8(10)11/h3-7H2,1-2H3,(H3,10,11). The van der Waals surface area contributed by atoms with Crippen molar-refractivity contribution in [3.63, 3.8) is 0 Å². The molecule has 1 aliphatic heterocycles. The summed E-state index contributed by atoms with van der Waals surface area (Å²) in [6.45, 7) is 5.94. The first-order valence-electron chi connectivity index (χ1n) is 4.98. The number of aliphatic imine (C=N–C) groups is 1. The first-order chi connectivity index (χ1) is 6.69. The average molecular weight is 197 g/mol. The van der Waals surface area contributed by atoms with E-state index >= 15 is 0 Å². The van der Waals surface area contributed by atoms with Crippen LogP contribution in [0.1, 0.15) is 13.3 Å². The topological polar surface area (TPSA) is 68.7 Å². The lowest BCUT2D eigenvalue weighted by atomic mass is 10.4. The van der Waals surface area contributed by atoms with Crippen LogP contribution in [0.3, 0.4) is 0 Å². The first kappa shape index (κ1) is 10.8. The highest BCUT2D eigenvalue weighted by atomic mass is 15.4. The maximum absolute atomic E-state index is 7.17. The Hall–Kier alpha value is -1.26. The van der Waals surface area contributed by atoms with Crippen molar-refractivity contribution in [2.75, 3.05) is 33.2 Å². The van der Waals surface area contributed by atoms with E-state index in [0.717, 1.165) is 32.1 Å². The molecule has 1 rings (SSSR count). The maximum atomic E-state index is 7.17. The summed E-state index contributed by atoms with van der Waals surface area (Å²) in [7, 11) is 1.81. The predicted molar refractivity (Wildman–Crippen MR) is 58.7 cm³/mol. The fourth-order valence-corrected chi connectivity index (χ4v) is 1.69. The molecule has 5 nitrogen and oxygen atoms in total. The van der Waals surface area contributed by atoms with Gasteiger partial charge in [-0.25, -0.2) is 0 Å². The Morgan fingerprint density at radius 2 is 2.14 bits per heavy atom. The third-order valence-electron chi connectivity index (χ3n) is 2.44. The highest BCUT2D eigenvalue weighted by Crippen LogP contribution is 2.08. The monoisotopic (exact) mass is 197 g/mol. The van der Waals surface area contributed by atoms with Gasteiger partial charge in [0.25, 0.3) is 0 Å². The van der Waals surface area contributed by atoms with Crippen molar-refractivity contribution in [1.29, 1.82) is 5.41 Å². The molecule has 0 aromatic rings. The van der Waals surface area contributed by atoms with Gasteiger partial charge in [-0.2, -0.15) is 0 Å². The van der Waals surface area contributed by atoms with E-state index in [0.29, 0.717) is 6.42 Å². The molecule has 0 aromatic carbocycles. The summed E-state index contributed by atoms with van der Waals surface area (Å²) < 4.78 is 0. The minimum Gasteiger partial charge on any atom is -0.388 e. The van der Waals surface area contributed by atoms with Crippen LogP contribution in [0.15, 0.2) is 4.99 Å². The Morgan fingerprint density at radius 3 is 2.64 bits per heavy atom. The van der Waals surface area contributed by atoms with Gasteiger partial charge in [0.05, 0.1) is 5.84 Å². The summed E-state index contributed by atoms with van der Waals surface area (Å²) in [5.74, 6) is 1.28. The number of likely N-dealkylation sites (N-methyl/N-ethyl adjacent to an activating group) is 1. The lowest BCUT2D eigenvalue weighted by Gasteiger charge is -2.21. The van der Waals surface area contributed by atoms with Crippen LogP contribution in [0, 0.1) is 5.41 Å². The smallest absolute Gasteiger partial charge is 0.196 e. The molecule has 14 heavy (non-hydrogen) atoms. The second-order valence-electron chi connectivity index (χ2n) is 3.37. The van der Waals surface area contributed by atoms with Gasteiger partial charge in [0.15, 0.2) is 5.96 Å². The van der Waals surface area contributed by atoms with Crippen molar-refractivity contribution < 1.29 is 0 Å². The van der Waals surface area contributed by atoms with E-state index in [9.17, 15) is 0 Å². The van der Waals surface area contributed by atoms with Crippen LogP contribution in [-0.2, 0) is 0 Å². The Kier molecular flexibility index (Phi) is 3.73. The molecule has 1 fully saturated rings. The molecule has 0 saturated carbocycles. The SMILES string of the molecule is CCN1CCN(CCC(=N)N)C1=NC. The number of nitrogens with one attached hydrogen (secondary N) is 1. The van der Waals surface area contributed by atoms with Crippen LogP contribution in [-0.4, -0.2) is 54.8 Å². The summed E-state index contributed by atoms with van der Waals surface area (Å²) in [4.78, 5) is 8.68. The molecule has 1 aliphatic rings. The molecule has 3 N–H and O–H groups in total. The van der Waals surface area contributed by atoms with Gasteiger partial charge in [-0.3, -0.25) is 10.4 Å². The van der Waals surface area contributed by atoms with Crippen molar-refractivity contribution in [3.05, 3.63) is 0 Å². The van der Waals surface area contributed by atoms with Gasteiger partial charge in [-0.05, 0) is 6.92 Å². The van der Waals surface area contributed by atoms with Crippen molar-refractivity contribution in [3.8, 4) is 0 Å². The highest BCUT2D eigenvalue weighted by molar-refractivity contribution is 5.83. The maximum Gasteiger partial charge on any atom is 0.196 e. The largest absolute Gasteiger partial charge is 0.388 e. The van der Waals surface area contributed by atoms with Crippen LogP contribution in [0.4, 0.5) is 0 Å². The zero-order chi connectivity index (χ0) is 10.6. The van der Waals surface area contributed by atoms with Gasteiger partial charge < -0.3 is 15.5 Å². The van der Waals surface area contributed by atoms with Crippen LogP contribution in [0.5, 0.6) is 0 Å². The molecule has 1 saturated heterocycles. The molecule has 1 heterocycles. The second kappa shape index (κ2) is 4.83. The van der Waals surface area contributed by atoms with Crippen LogP contribution in [0.25, 0.3) is 0 Å². The van der Waals surface area contributed by atoms with Gasteiger partial charge in [-0.1, -0.05) is 0 Å². The number of hydrogen-bond acceptors (Lipinski definition) is 2. The zero-order valence-electron chi connectivity index (χ0n) is 8.95. The van der Waals surface area contributed by atoms with E-state index in [1.165, 1.54) is 0 Å². The molecule has 80 valence electrons. The Bertz CT molecular complexity index is 235. The molecule has 0 atom stereocenters. The number of guanidine groups is 1. The van der Waals surface area contributed by atoms with Crippen LogP contribution < -0.4 is 5.73 Å². The van der Waals surface area contributed by atoms with E-state index in [4.69, 9.17) is 11.1 Å². The van der Waals surface area contributed by atoms with Crippen molar-refractivity contribution in [1.82, 2.24) is 9.80 Å². The minimum atomic E-state index is 0.246. The molecule has 0 radical (unpaired) electrons. The lowest BCUT2D eigenvalue weighted by molar-refractivity contribution is 0.474. The molecule has 5 heteroatoms. The number of rotatable bonds is 4. The highest BCUT2D eigenvalue weighted by Gasteiger charge is 2.23. The van der Waals surface area contributed by atoms with Crippen LogP contribution in [0.2, 0.25) is 0 Å². The number of hydrogen-bond donors (Lipinski definition) is 2. The van der Waals surface area contributed by atoms with E-state index in [-0.39, 0.29) is 5.84 Å². The molecule has 0 aromatic heterocycles. The van der Waals surface area contributed by atoms with Gasteiger partial charge in [0.2, 0.25) is 0 Å². The lowest BCUT2D eigenvalue weighted by Crippen LogP contribution is -2.35. The first-order valence-corrected chi connectivity index (χ1v) is 4.98. The molecule has 0 amide bonds. The number of amidine groups is 1. The summed E-state index contributed by atoms with van der Waals surface area (Å²) in [6.07, 6.45) is 0.622. The summed E-state index contributed by atoms with van der Waals surface area (Å²) in [6, 6.07) is 0. The summed E-state index contributed by atoms with van der Waals surface area (Å²) >= 11 is 0. The molecule has 0 bridgehead atoms. The van der Waals surface area contributed by atoms with E-state index < -0.39 is 0 Å². The van der Waals surface area contributed by atoms with E-state index in [1.54, 1.807) is 0 Å². The van der Waals surface area contributed by atoms with E-state index in [2.05, 4.69) is 21.7 Å². The summed E-state index contributed by atoms with van der Waals surface area (Å²) in [5, 5.41) is 7.17. The molecule has 0 unspecified atom stereocenters. The third-order valence-corrected chi connectivity index (χ3v) is 2.44. The van der Waals surface area contributed by atoms with Gasteiger partial charge >= 0.3 is 0 Å². The van der Waals surface area contributed by atoms with Gasteiger partial charge in [0, 0.05) is 39.6 Å². The average Bonchev–Trinajstić information content (AvgIpc) is 2.56. The fraction of sp³-hybridized carbons (Fsp3) is 0.778. The summed E-state index contributed by atoms with van der Waals surface area (Å²) in [5.41, 5.74) is 5.33. The Labute approximate surface area is 85.1 Å². The van der Waals surface area contributed by atoms with Crippen molar-refractivity contribution in [2.45, 2.75) is 13.3 Å². The van der Waals surface area contributed by atoms with Crippen molar-refractivity contribution in [2.24, 2.45) is 10.7 Å². The number of nitrogens with zero attached hydrogens (tertiary/aromatic N) is 3. The fourth-order valence-electron chi connectivity index (χ4n) is 1.69. The Morgan fingerprint density at radius 1 is 1.50 bits per heavy atom. The van der Waals surface area contributed by atoms with Crippen LogP contribution >= 0.6 is 0 Å². The predicted octanol–water partition coefficient (Wildman–Crippen LogP) is -0.0642. The normalized spacial score (nSPS) is 19.4.